The third-order valence-corrected chi connectivity index (χ3v) is 5.36. The zero-order chi connectivity index (χ0) is 21.2. The molecule has 1 aromatic heterocycles. The summed E-state index contributed by atoms with van der Waals surface area (Å²) >= 11 is 0. The van der Waals surface area contributed by atoms with Crippen molar-refractivity contribution in [2.24, 2.45) is 5.92 Å². The summed E-state index contributed by atoms with van der Waals surface area (Å²) in [5.74, 6) is -1.34. The highest BCUT2D eigenvalue weighted by molar-refractivity contribution is 5.92. The summed E-state index contributed by atoms with van der Waals surface area (Å²) < 4.78 is 39.5. The maximum Gasteiger partial charge on any atom is 0.451 e. The number of carbonyl (C=O) groups is 1. The molecule has 0 N–H and O–H groups in total. The SMILES string of the molecule is CN(C)Cc1cc(C(=O)N2CCC(N3CC(CC#N)C3)CC2)nc(C(F)(F)F)n1. The van der Waals surface area contributed by atoms with E-state index in [-0.39, 0.29) is 17.9 Å². The number of nitrogens with zero attached hydrogens (tertiary/aromatic N) is 6. The number of likely N-dealkylation sites (tertiary alicyclic amines) is 2. The largest absolute Gasteiger partial charge is 0.451 e. The third-order valence-electron chi connectivity index (χ3n) is 5.36. The second kappa shape index (κ2) is 8.63. The molecular formula is C19H25F3N6O. The zero-order valence-corrected chi connectivity index (χ0v) is 16.6. The molecule has 0 radical (unpaired) electrons. The molecule has 1 amide bonds. The van der Waals surface area contributed by atoms with E-state index in [2.05, 4.69) is 20.9 Å². The smallest absolute Gasteiger partial charge is 0.337 e. The minimum atomic E-state index is -4.71. The molecule has 29 heavy (non-hydrogen) atoms. The molecule has 0 saturated carbocycles. The van der Waals surface area contributed by atoms with Gasteiger partial charge in [0.05, 0.1) is 11.8 Å². The van der Waals surface area contributed by atoms with Crippen LogP contribution in [0.4, 0.5) is 13.2 Å². The quantitative estimate of drug-likeness (QED) is 0.739. The average molecular weight is 410 g/mol. The van der Waals surface area contributed by atoms with Gasteiger partial charge in [-0.1, -0.05) is 0 Å². The number of nitriles is 1. The molecule has 0 aliphatic carbocycles. The topological polar surface area (TPSA) is 76.4 Å². The van der Waals surface area contributed by atoms with E-state index in [1.165, 1.54) is 6.07 Å². The van der Waals surface area contributed by atoms with Crippen molar-refractivity contribution >= 4 is 5.91 Å². The van der Waals surface area contributed by atoms with Crippen LogP contribution in [0.25, 0.3) is 0 Å². The van der Waals surface area contributed by atoms with Gasteiger partial charge in [0, 0.05) is 45.2 Å². The Labute approximate surface area is 168 Å². The summed E-state index contributed by atoms with van der Waals surface area (Å²) in [6, 6.07) is 3.90. The Morgan fingerprint density at radius 2 is 1.93 bits per heavy atom. The number of amides is 1. The molecule has 0 bridgehead atoms. The highest BCUT2D eigenvalue weighted by Crippen LogP contribution is 2.29. The van der Waals surface area contributed by atoms with Crippen molar-refractivity contribution in [1.29, 1.82) is 5.26 Å². The molecule has 7 nitrogen and oxygen atoms in total. The summed E-state index contributed by atoms with van der Waals surface area (Å²) in [6.07, 6.45) is -2.60. The van der Waals surface area contributed by atoms with E-state index in [1.54, 1.807) is 23.9 Å². The lowest BCUT2D eigenvalue weighted by Crippen LogP contribution is -2.55. The summed E-state index contributed by atoms with van der Waals surface area (Å²) in [5.41, 5.74) is -0.0414. The van der Waals surface area contributed by atoms with Gasteiger partial charge in [-0.3, -0.25) is 9.69 Å². The summed E-state index contributed by atoms with van der Waals surface area (Å²) in [4.78, 5) is 25.5. The molecular weight excluding hydrogens is 385 g/mol. The predicted octanol–water partition coefficient (Wildman–Crippen LogP) is 2.01. The first-order valence-electron chi connectivity index (χ1n) is 9.67. The van der Waals surface area contributed by atoms with E-state index >= 15 is 0 Å². The number of piperidine rings is 1. The Balaban J connectivity index is 1.65. The van der Waals surface area contributed by atoms with Crippen LogP contribution in [-0.2, 0) is 12.7 Å². The monoisotopic (exact) mass is 410 g/mol. The molecule has 2 saturated heterocycles. The van der Waals surface area contributed by atoms with Crippen LogP contribution in [0.15, 0.2) is 6.07 Å². The summed E-state index contributed by atoms with van der Waals surface area (Å²) in [6.45, 7) is 2.96. The Morgan fingerprint density at radius 3 is 2.48 bits per heavy atom. The van der Waals surface area contributed by atoms with Crippen molar-refractivity contribution in [1.82, 2.24) is 24.7 Å². The van der Waals surface area contributed by atoms with Crippen LogP contribution < -0.4 is 0 Å². The maximum absolute atomic E-state index is 13.2. The zero-order valence-electron chi connectivity index (χ0n) is 16.6. The number of halogens is 3. The van der Waals surface area contributed by atoms with Crippen molar-refractivity contribution in [2.45, 2.75) is 38.0 Å². The van der Waals surface area contributed by atoms with Crippen LogP contribution in [-0.4, -0.2) is 76.9 Å². The first-order valence-corrected chi connectivity index (χ1v) is 9.67. The Morgan fingerprint density at radius 1 is 1.28 bits per heavy atom. The molecule has 10 heteroatoms. The molecule has 158 valence electrons. The molecule has 2 aliphatic heterocycles. The third kappa shape index (κ3) is 5.22. The van der Waals surface area contributed by atoms with Crippen LogP contribution in [0.1, 0.15) is 41.3 Å². The molecule has 0 spiro atoms. The van der Waals surface area contributed by atoms with E-state index in [0.717, 1.165) is 25.9 Å². The molecule has 0 aromatic carbocycles. The Hall–Kier alpha value is -2.25. The van der Waals surface area contributed by atoms with Crippen molar-refractivity contribution in [3.8, 4) is 6.07 Å². The molecule has 2 aliphatic rings. The maximum atomic E-state index is 13.2. The van der Waals surface area contributed by atoms with Gasteiger partial charge in [0.15, 0.2) is 0 Å². The van der Waals surface area contributed by atoms with Crippen molar-refractivity contribution in [2.75, 3.05) is 40.3 Å². The molecule has 1 aromatic rings. The molecule has 0 atom stereocenters. The minimum Gasteiger partial charge on any atom is -0.337 e. The van der Waals surface area contributed by atoms with Gasteiger partial charge in [-0.15, -0.1) is 0 Å². The molecule has 3 rings (SSSR count). The van der Waals surface area contributed by atoms with Crippen molar-refractivity contribution < 1.29 is 18.0 Å². The van der Waals surface area contributed by atoms with Gasteiger partial charge in [-0.05, 0) is 38.9 Å². The molecule has 2 fully saturated rings. The van der Waals surface area contributed by atoms with Gasteiger partial charge in [-0.25, -0.2) is 9.97 Å². The van der Waals surface area contributed by atoms with Gasteiger partial charge < -0.3 is 9.80 Å². The number of hydrogen-bond donors (Lipinski definition) is 0. The van der Waals surface area contributed by atoms with E-state index in [1.807, 2.05) is 0 Å². The fraction of sp³-hybridized carbons (Fsp3) is 0.684. The number of hydrogen-bond acceptors (Lipinski definition) is 6. The number of rotatable bonds is 5. The van der Waals surface area contributed by atoms with Gasteiger partial charge in [-0.2, -0.15) is 18.4 Å². The standard InChI is InChI=1S/C19H25F3N6O/c1-26(2)12-14-9-16(25-18(24-14)19(20,21)22)17(29)27-7-4-15(5-8-27)28-10-13(11-28)3-6-23/h9,13,15H,3-5,7-8,10-12H2,1-2H3. The Bertz CT molecular complexity index is 777. The lowest BCUT2D eigenvalue weighted by atomic mass is 9.91. The number of carbonyl (C=O) groups excluding carboxylic acids is 1. The van der Waals surface area contributed by atoms with Gasteiger partial charge >= 0.3 is 6.18 Å². The van der Waals surface area contributed by atoms with Crippen LogP contribution >= 0.6 is 0 Å². The molecule has 0 unspecified atom stereocenters. The van der Waals surface area contributed by atoms with E-state index in [4.69, 9.17) is 5.26 Å². The fourth-order valence-electron chi connectivity index (χ4n) is 3.90. The first-order chi connectivity index (χ1) is 13.7. The van der Waals surface area contributed by atoms with Crippen molar-refractivity contribution in [3.05, 3.63) is 23.3 Å². The summed E-state index contributed by atoms with van der Waals surface area (Å²) in [5, 5.41) is 8.74. The average Bonchev–Trinajstić information content (AvgIpc) is 2.62. The lowest BCUT2D eigenvalue weighted by Gasteiger charge is -2.46. The van der Waals surface area contributed by atoms with Gasteiger partial charge in [0.25, 0.3) is 5.91 Å². The number of alkyl halides is 3. The van der Waals surface area contributed by atoms with Gasteiger partial charge in [0.2, 0.25) is 5.82 Å². The number of aromatic nitrogens is 2. The highest BCUT2D eigenvalue weighted by Gasteiger charge is 2.38. The van der Waals surface area contributed by atoms with Crippen LogP contribution in [0.3, 0.4) is 0 Å². The van der Waals surface area contributed by atoms with E-state index in [0.29, 0.717) is 31.5 Å². The van der Waals surface area contributed by atoms with E-state index in [9.17, 15) is 18.0 Å². The first kappa shape index (κ1) is 21.5. The summed E-state index contributed by atoms with van der Waals surface area (Å²) in [7, 11) is 3.44. The lowest BCUT2D eigenvalue weighted by molar-refractivity contribution is -0.145. The second-order valence-electron chi connectivity index (χ2n) is 8.01. The fourth-order valence-corrected chi connectivity index (χ4v) is 3.90. The Kier molecular flexibility index (Phi) is 6.39. The predicted molar refractivity (Wildman–Crippen MR) is 98.6 cm³/mol. The highest BCUT2D eigenvalue weighted by atomic mass is 19.4. The molecule has 3 heterocycles. The minimum absolute atomic E-state index is 0.166. The van der Waals surface area contributed by atoms with Crippen molar-refractivity contribution in [3.63, 3.8) is 0 Å². The normalized spacial score (nSPS) is 19.3. The van der Waals surface area contributed by atoms with E-state index < -0.39 is 17.9 Å². The second-order valence-corrected chi connectivity index (χ2v) is 8.01. The van der Waals surface area contributed by atoms with Gasteiger partial charge in [0.1, 0.15) is 5.69 Å². The van der Waals surface area contributed by atoms with Crippen LogP contribution in [0.2, 0.25) is 0 Å². The van der Waals surface area contributed by atoms with Crippen LogP contribution in [0, 0.1) is 17.2 Å². The van der Waals surface area contributed by atoms with Crippen LogP contribution in [0.5, 0.6) is 0 Å².